The van der Waals surface area contributed by atoms with E-state index in [1.807, 2.05) is 0 Å². The van der Waals surface area contributed by atoms with Gasteiger partial charge < -0.3 is 0 Å². The number of hydrogen-bond acceptors (Lipinski definition) is 5. The van der Waals surface area contributed by atoms with Gasteiger partial charge in [0.2, 0.25) is 0 Å². The van der Waals surface area contributed by atoms with E-state index >= 15 is 0 Å². The Morgan fingerprint density at radius 1 is 0.917 bits per heavy atom. The lowest BCUT2D eigenvalue weighted by Gasteiger charge is -2.41. The highest BCUT2D eigenvalue weighted by Gasteiger charge is 2.32. The summed E-state index contributed by atoms with van der Waals surface area (Å²) in [6, 6.07) is 1.77. The molecule has 2 heterocycles. The minimum atomic E-state index is 0.381. The standard InChI is InChI=1S/C18H32N6/c1-2-17(18-19-20-21-24(18)16-9-5-6-10-16)23-13-11-22(12-14-23)15-7-3-4-8-15/h15-17H,2-14H2,1H3/t17-/m0/s1. The van der Waals surface area contributed by atoms with Gasteiger partial charge in [0.05, 0.1) is 12.1 Å². The summed E-state index contributed by atoms with van der Waals surface area (Å²) < 4.78 is 2.16. The van der Waals surface area contributed by atoms with Gasteiger partial charge in [-0.25, -0.2) is 4.68 Å². The van der Waals surface area contributed by atoms with Gasteiger partial charge in [-0.1, -0.05) is 32.6 Å². The molecule has 1 atom stereocenters. The molecule has 1 saturated heterocycles. The van der Waals surface area contributed by atoms with Crippen molar-refractivity contribution in [2.45, 2.75) is 82.8 Å². The van der Waals surface area contributed by atoms with Crippen LogP contribution in [-0.4, -0.2) is 62.2 Å². The van der Waals surface area contributed by atoms with E-state index in [9.17, 15) is 0 Å². The zero-order valence-electron chi connectivity index (χ0n) is 15.1. The third-order valence-electron chi connectivity index (χ3n) is 6.50. The molecule has 0 N–H and O–H groups in total. The lowest BCUT2D eigenvalue weighted by Crippen LogP contribution is -2.50. The Bertz CT molecular complexity index is 509. The maximum atomic E-state index is 4.45. The summed E-state index contributed by atoms with van der Waals surface area (Å²) in [4.78, 5) is 5.36. The molecule has 134 valence electrons. The largest absolute Gasteiger partial charge is 0.298 e. The molecule has 3 fully saturated rings. The summed E-state index contributed by atoms with van der Waals surface area (Å²) in [6.07, 6.45) is 11.9. The minimum absolute atomic E-state index is 0.381. The Kier molecular flexibility index (Phi) is 5.13. The highest BCUT2D eigenvalue weighted by Crippen LogP contribution is 2.33. The molecule has 24 heavy (non-hydrogen) atoms. The average molecular weight is 332 g/mol. The van der Waals surface area contributed by atoms with Crippen molar-refractivity contribution < 1.29 is 0 Å². The van der Waals surface area contributed by atoms with Gasteiger partial charge in [-0.05, 0) is 42.5 Å². The van der Waals surface area contributed by atoms with Crippen molar-refractivity contribution in [3.05, 3.63) is 5.82 Å². The van der Waals surface area contributed by atoms with E-state index in [0.717, 1.165) is 31.4 Å². The predicted molar refractivity (Wildman–Crippen MR) is 93.8 cm³/mol. The summed E-state index contributed by atoms with van der Waals surface area (Å²) in [7, 11) is 0. The van der Waals surface area contributed by atoms with Crippen LogP contribution in [0.2, 0.25) is 0 Å². The van der Waals surface area contributed by atoms with Crippen molar-refractivity contribution in [3.63, 3.8) is 0 Å². The number of piperazine rings is 1. The summed E-state index contributed by atoms with van der Waals surface area (Å²) >= 11 is 0. The minimum Gasteiger partial charge on any atom is -0.298 e. The molecule has 4 rings (SSSR count). The lowest BCUT2D eigenvalue weighted by atomic mass is 10.1. The third kappa shape index (κ3) is 3.23. The van der Waals surface area contributed by atoms with Crippen molar-refractivity contribution in [2.24, 2.45) is 0 Å². The van der Waals surface area contributed by atoms with Crippen LogP contribution in [0.25, 0.3) is 0 Å². The molecule has 1 aromatic rings. The SMILES string of the molecule is CC[C@@H](c1nnnn1C1CCCC1)N1CCN(C2CCCC2)CC1. The van der Waals surface area contributed by atoms with E-state index in [0.29, 0.717) is 12.1 Å². The lowest BCUT2D eigenvalue weighted by molar-refractivity contribution is 0.0638. The number of nitrogens with zero attached hydrogens (tertiary/aromatic N) is 6. The van der Waals surface area contributed by atoms with Gasteiger partial charge >= 0.3 is 0 Å². The van der Waals surface area contributed by atoms with E-state index in [1.165, 1.54) is 64.5 Å². The van der Waals surface area contributed by atoms with Gasteiger partial charge in [-0.3, -0.25) is 9.80 Å². The van der Waals surface area contributed by atoms with E-state index in [4.69, 9.17) is 0 Å². The number of tetrazole rings is 1. The molecule has 2 saturated carbocycles. The summed E-state index contributed by atoms with van der Waals surface area (Å²) in [5.74, 6) is 1.11. The zero-order chi connectivity index (χ0) is 16.4. The molecule has 1 aliphatic heterocycles. The molecule has 0 spiro atoms. The molecule has 6 nitrogen and oxygen atoms in total. The van der Waals surface area contributed by atoms with Crippen molar-refractivity contribution in [2.75, 3.05) is 26.2 Å². The van der Waals surface area contributed by atoms with E-state index in [-0.39, 0.29) is 0 Å². The zero-order valence-corrected chi connectivity index (χ0v) is 15.1. The molecule has 0 amide bonds. The first-order valence-electron chi connectivity index (χ1n) is 10.1. The van der Waals surface area contributed by atoms with Crippen LogP contribution in [0, 0.1) is 0 Å². The Labute approximate surface area is 145 Å². The second kappa shape index (κ2) is 7.48. The average Bonchev–Trinajstić information content (AvgIpc) is 3.37. The molecule has 0 unspecified atom stereocenters. The number of hydrogen-bond donors (Lipinski definition) is 0. The third-order valence-corrected chi connectivity index (χ3v) is 6.50. The smallest absolute Gasteiger partial charge is 0.168 e. The first-order chi connectivity index (χ1) is 11.9. The highest BCUT2D eigenvalue weighted by molar-refractivity contribution is 4.97. The van der Waals surface area contributed by atoms with Gasteiger partial charge in [0, 0.05) is 32.2 Å². The first kappa shape index (κ1) is 16.5. The van der Waals surface area contributed by atoms with Gasteiger partial charge in [-0.2, -0.15) is 0 Å². The molecule has 0 radical (unpaired) electrons. The van der Waals surface area contributed by atoms with Crippen molar-refractivity contribution >= 4 is 0 Å². The van der Waals surface area contributed by atoms with E-state index in [1.54, 1.807) is 0 Å². The van der Waals surface area contributed by atoms with Crippen LogP contribution in [0.3, 0.4) is 0 Å². The van der Waals surface area contributed by atoms with Crippen LogP contribution in [0.1, 0.15) is 82.6 Å². The second-order valence-corrected chi connectivity index (χ2v) is 7.85. The Morgan fingerprint density at radius 2 is 1.54 bits per heavy atom. The van der Waals surface area contributed by atoms with Gasteiger partial charge in [0.25, 0.3) is 0 Å². The first-order valence-corrected chi connectivity index (χ1v) is 10.1. The van der Waals surface area contributed by atoms with Gasteiger partial charge in [0.15, 0.2) is 5.82 Å². The summed E-state index contributed by atoms with van der Waals surface area (Å²) in [5, 5.41) is 12.8. The summed E-state index contributed by atoms with van der Waals surface area (Å²) in [6.45, 7) is 7.03. The Morgan fingerprint density at radius 3 is 2.17 bits per heavy atom. The molecule has 6 heteroatoms. The van der Waals surface area contributed by atoms with E-state index < -0.39 is 0 Å². The van der Waals surface area contributed by atoms with Gasteiger partial charge in [0.1, 0.15) is 0 Å². The fourth-order valence-corrected chi connectivity index (χ4v) is 5.12. The fraction of sp³-hybridized carbons (Fsp3) is 0.944. The highest BCUT2D eigenvalue weighted by atomic mass is 15.6. The van der Waals surface area contributed by atoms with Crippen LogP contribution in [0.5, 0.6) is 0 Å². The fourth-order valence-electron chi connectivity index (χ4n) is 5.12. The predicted octanol–water partition coefficient (Wildman–Crippen LogP) is 2.80. The molecular formula is C18H32N6. The van der Waals surface area contributed by atoms with Crippen molar-refractivity contribution in [3.8, 4) is 0 Å². The molecular weight excluding hydrogens is 300 g/mol. The monoisotopic (exact) mass is 332 g/mol. The van der Waals surface area contributed by atoms with Crippen LogP contribution >= 0.6 is 0 Å². The maximum absolute atomic E-state index is 4.45. The second-order valence-electron chi connectivity index (χ2n) is 7.85. The van der Waals surface area contributed by atoms with Crippen LogP contribution < -0.4 is 0 Å². The number of rotatable bonds is 5. The topological polar surface area (TPSA) is 50.1 Å². The summed E-state index contributed by atoms with van der Waals surface area (Å²) in [5.41, 5.74) is 0. The van der Waals surface area contributed by atoms with Crippen LogP contribution in [-0.2, 0) is 0 Å². The quantitative estimate of drug-likeness (QED) is 0.830. The van der Waals surface area contributed by atoms with Crippen molar-refractivity contribution in [1.29, 1.82) is 0 Å². The van der Waals surface area contributed by atoms with E-state index in [2.05, 4.69) is 36.9 Å². The van der Waals surface area contributed by atoms with Gasteiger partial charge in [-0.15, -0.1) is 5.10 Å². The molecule has 1 aromatic heterocycles. The maximum Gasteiger partial charge on any atom is 0.168 e. The Hall–Kier alpha value is -1.01. The molecule has 2 aliphatic carbocycles. The molecule has 3 aliphatic rings. The normalized spacial score (nSPS) is 26.4. The Balaban J connectivity index is 1.42. The molecule has 0 aromatic carbocycles. The van der Waals surface area contributed by atoms with Crippen LogP contribution in [0.4, 0.5) is 0 Å². The molecule has 0 bridgehead atoms. The van der Waals surface area contributed by atoms with Crippen LogP contribution in [0.15, 0.2) is 0 Å². The van der Waals surface area contributed by atoms with Crippen molar-refractivity contribution in [1.82, 2.24) is 30.0 Å². The number of aromatic nitrogens is 4.